The highest BCUT2D eigenvalue weighted by Crippen LogP contribution is 2.25. The van der Waals surface area contributed by atoms with Crippen LogP contribution in [0.25, 0.3) is 0 Å². The Bertz CT molecular complexity index is 395. The summed E-state index contributed by atoms with van der Waals surface area (Å²) in [6.07, 6.45) is 2.43. The SMILES string of the molecule is COC1CCN(c2ccccc2C(C)=O)CC1. The summed E-state index contributed by atoms with van der Waals surface area (Å²) in [7, 11) is 1.77. The molecule has 3 heteroatoms. The Kier molecular flexibility index (Phi) is 3.79. The lowest BCUT2D eigenvalue weighted by Gasteiger charge is -2.33. The number of rotatable bonds is 3. The van der Waals surface area contributed by atoms with E-state index >= 15 is 0 Å². The number of para-hydroxylation sites is 1. The molecule has 0 atom stereocenters. The summed E-state index contributed by atoms with van der Waals surface area (Å²) in [5.74, 6) is 0.134. The Hall–Kier alpha value is -1.35. The number of benzene rings is 1. The lowest BCUT2D eigenvalue weighted by atomic mass is 10.0. The van der Waals surface area contributed by atoms with Crippen molar-refractivity contribution in [3.8, 4) is 0 Å². The van der Waals surface area contributed by atoms with Gasteiger partial charge in [-0.05, 0) is 31.9 Å². The van der Waals surface area contributed by atoms with E-state index in [0.717, 1.165) is 37.2 Å². The van der Waals surface area contributed by atoms with Crippen LogP contribution in [0, 0.1) is 0 Å². The van der Waals surface area contributed by atoms with Crippen molar-refractivity contribution in [3.05, 3.63) is 29.8 Å². The Morgan fingerprint density at radius 3 is 2.53 bits per heavy atom. The second kappa shape index (κ2) is 5.32. The number of nitrogens with zero attached hydrogens (tertiary/aromatic N) is 1. The van der Waals surface area contributed by atoms with Gasteiger partial charge in [-0.15, -0.1) is 0 Å². The zero-order valence-corrected chi connectivity index (χ0v) is 10.5. The van der Waals surface area contributed by atoms with Crippen LogP contribution < -0.4 is 4.90 Å². The summed E-state index contributed by atoms with van der Waals surface area (Å²) in [4.78, 5) is 13.9. The van der Waals surface area contributed by atoms with Gasteiger partial charge in [0.1, 0.15) is 0 Å². The molecule has 0 bridgehead atoms. The van der Waals surface area contributed by atoms with Crippen LogP contribution in [0.2, 0.25) is 0 Å². The first-order valence-corrected chi connectivity index (χ1v) is 6.10. The lowest BCUT2D eigenvalue weighted by Crippen LogP contribution is -2.37. The minimum Gasteiger partial charge on any atom is -0.381 e. The quantitative estimate of drug-likeness (QED) is 0.751. The molecule has 0 unspecified atom stereocenters. The summed E-state index contributed by atoms with van der Waals surface area (Å²) < 4.78 is 5.36. The van der Waals surface area contributed by atoms with Crippen LogP contribution >= 0.6 is 0 Å². The number of ketones is 1. The van der Waals surface area contributed by atoms with Crippen molar-refractivity contribution < 1.29 is 9.53 Å². The molecule has 1 heterocycles. The number of methoxy groups -OCH3 is 1. The summed E-state index contributed by atoms with van der Waals surface area (Å²) in [5.41, 5.74) is 1.89. The van der Waals surface area contributed by atoms with Gasteiger partial charge in [0.05, 0.1) is 6.10 Å². The number of Topliss-reactive ketones (excluding diaryl/α,β-unsaturated/α-hetero) is 1. The van der Waals surface area contributed by atoms with E-state index in [9.17, 15) is 4.79 Å². The molecule has 1 aromatic carbocycles. The molecule has 3 nitrogen and oxygen atoms in total. The Morgan fingerprint density at radius 1 is 1.29 bits per heavy atom. The molecule has 0 N–H and O–H groups in total. The van der Waals surface area contributed by atoms with E-state index in [-0.39, 0.29) is 5.78 Å². The van der Waals surface area contributed by atoms with Gasteiger partial charge in [-0.2, -0.15) is 0 Å². The molecule has 0 spiro atoms. The smallest absolute Gasteiger partial charge is 0.161 e. The molecule has 2 rings (SSSR count). The van der Waals surface area contributed by atoms with Crippen molar-refractivity contribution in [1.82, 2.24) is 0 Å². The molecule has 92 valence electrons. The molecule has 1 aliphatic heterocycles. The van der Waals surface area contributed by atoms with E-state index in [4.69, 9.17) is 4.74 Å². The average Bonchev–Trinajstić information content (AvgIpc) is 2.39. The maximum atomic E-state index is 11.6. The van der Waals surface area contributed by atoms with Crippen molar-refractivity contribution in [3.63, 3.8) is 0 Å². The number of hydrogen-bond donors (Lipinski definition) is 0. The molecule has 1 fully saturated rings. The number of piperidine rings is 1. The van der Waals surface area contributed by atoms with E-state index in [1.807, 2.05) is 24.3 Å². The number of carbonyl (C=O) groups excluding carboxylic acids is 1. The topological polar surface area (TPSA) is 29.5 Å². The van der Waals surface area contributed by atoms with Crippen LogP contribution in [0.4, 0.5) is 5.69 Å². The van der Waals surface area contributed by atoms with Gasteiger partial charge in [0.15, 0.2) is 5.78 Å². The van der Waals surface area contributed by atoms with Crippen LogP contribution in [0.1, 0.15) is 30.1 Å². The molecule has 1 aromatic rings. The first kappa shape index (κ1) is 12.1. The van der Waals surface area contributed by atoms with Gasteiger partial charge in [0.2, 0.25) is 0 Å². The highest BCUT2D eigenvalue weighted by Gasteiger charge is 2.21. The van der Waals surface area contributed by atoms with Gasteiger partial charge in [-0.25, -0.2) is 0 Å². The maximum absolute atomic E-state index is 11.6. The lowest BCUT2D eigenvalue weighted by molar-refractivity contribution is 0.0818. The molecule has 17 heavy (non-hydrogen) atoms. The van der Waals surface area contributed by atoms with E-state index in [2.05, 4.69) is 4.90 Å². The van der Waals surface area contributed by atoms with Crippen molar-refractivity contribution >= 4 is 11.5 Å². The summed E-state index contributed by atoms with van der Waals surface area (Å²) in [6.45, 7) is 3.55. The largest absolute Gasteiger partial charge is 0.381 e. The Balaban J connectivity index is 2.15. The third-order valence-corrected chi connectivity index (χ3v) is 3.40. The fraction of sp³-hybridized carbons (Fsp3) is 0.500. The second-order valence-electron chi connectivity index (χ2n) is 4.50. The van der Waals surface area contributed by atoms with Crippen molar-refractivity contribution in [2.75, 3.05) is 25.1 Å². The third-order valence-electron chi connectivity index (χ3n) is 3.40. The van der Waals surface area contributed by atoms with Crippen LogP contribution in [0.15, 0.2) is 24.3 Å². The first-order valence-electron chi connectivity index (χ1n) is 6.10. The number of carbonyl (C=O) groups is 1. The second-order valence-corrected chi connectivity index (χ2v) is 4.50. The van der Waals surface area contributed by atoms with Gasteiger partial charge < -0.3 is 9.64 Å². The average molecular weight is 233 g/mol. The van der Waals surface area contributed by atoms with Crippen molar-refractivity contribution in [1.29, 1.82) is 0 Å². The van der Waals surface area contributed by atoms with Gasteiger partial charge in [0, 0.05) is 31.5 Å². The third kappa shape index (κ3) is 2.67. The van der Waals surface area contributed by atoms with E-state index in [1.54, 1.807) is 14.0 Å². The zero-order chi connectivity index (χ0) is 12.3. The molecule has 0 aliphatic carbocycles. The van der Waals surface area contributed by atoms with Crippen LogP contribution in [0.3, 0.4) is 0 Å². The van der Waals surface area contributed by atoms with E-state index < -0.39 is 0 Å². The summed E-state index contributed by atoms with van der Waals surface area (Å²) in [6, 6.07) is 7.84. The fourth-order valence-electron chi connectivity index (χ4n) is 2.38. The van der Waals surface area contributed by atoms with Crippen molar-refractivity contribution in [2.45, 2.75) is 25.9 Å². The Morgan fingerprint density at radius 2 is 1.94 bits per heavy atom. The van der Waals surface area contributed by atoms with Gasteiger partial charge in [-0.1, -0.05) is 12.1 Å². The summed E-state index contributed by atoms with van der Waals surface area (Å²) >= 11 is 0. The molecule has 0 saturated carbocycles. The van der Waals surface area contributed by atoms with Crippen LogP contribution in [-0.4, -0.2) is 32.1 Å². The monoisotopic (exact) mass is 233 g/mol. The molecule has 1 aliphatic rings. The minimum atomic E-state index is 0.134. The van der Waals surface area contributed by atoms with Crippen LogP contribution in [-0.2, 0) is 4.74 Å². The van der Waals surface area contributed by atoms with Gasteiger partial charge >= 0.3 is 0 Å². The molecule has 0 amide bonds. The van der Waals surface area contributed by atoms with Crippen molar-refractivity contribution in [2.24, 2.45) is 0 Å². The highest BCUT2D eigenvalue weighted by molar-refractivity contribution is 5.99. The zero-order valence-electron chi connectivity index (χ0n) is 10.5. The minimum absolute atomic E-state index is 0.134. The first-order chi connectivity index (χ1) is 8.22. The fourth-order valence-corrected chi connectivity index (χ4v) is 2.38. The standard InChI is InChI=1S/C14H19NO2/c1-11(16)13-5-3-4-6-14(13)15-9-7-12(17-2)8-10-15/h3-6,12H,7-10H2,1-2H3. The number of hydrogen-bond acceptors (Lipinski definition) is 3. The normalized spacial score (nSPS) is 17.2. The predicted molar refractivity (Wildman–Crippen MR) is 68.7 cm³/mol. The highest BCUT2D eigenvalue weighted by atomic mass is 16.5. The van der Waals surface area contributed by atoms with Gasteiger partial charge in [-0.3, -0.25) is 4.79 Å². The summed E-state index contributed by atoms with van der Waals surface area (Å²) in [5, 5.41) is 0. The number of ether oxygens (including phenoxy) is 1. The van der Waals surface area contributed by atoms with Crippen LogP contribution in [0.5, 0.6) is 0 Å². The van der Waals surface area contributed by atoms with E-state index in [0.29, 0.717) is 6.10 Å². The van der Waals surface area contributed by atoms with E-state index in [1.165, 1.54) is 0 Å². The maximum Gasteiger partial charge on any atom is 0.161 e. The predicted octanol–water partition coefficient (Wildman–Crippen LogP) is 2.50. The van der Waals surface area contributed by atoms with Gasteiger partial charge in [0.25, 0.3) is 0 Å². The molecular formula is C14H19NO2. The molecule has 1 saturated heterocycles. The Labute approximate surface area is 102 Å². The molecule has 0 radical (unpaired) electrons. The molecular weight excluding hydrogens is 214 g/mol. The molecule has 0 aromatic heterocycles. The number of anilines is 1.